The normalized spacial score (nSPS) is 18.2. The van der Waals surface area contributed by atoms with Crippen LogP contribution in [0.15, 0.2) is 47.6 Å². The van der Waals surface area contributed by atoms with Crippen molar-refractivity contribution in [1.82, 2.24) is 4.90 Å². The summed E-state index contributed by atoms with van der Waals surface area (Å²) in [6, 6.07) is 13.5. The smallest absolute Gasteiger partial charge is 0.231 e. The van der Waals surface area contributed by atoms with Gasteiger partial charge in [0.2, 0.25) is 6.79 Å². The molecule has 0 spiro atoms. The van der Waals surface area contributed by atoms with Gasteiger partial charge in [-0.25, -0.2) is 0 Å². The Hall–Kier alpha value is -2.32. The van der Waals surface area contributed by atoms with Gasteiger partial charge in [0.25, 0.3) is 0 Å². The van der Waals surface area contributed by atoms with Gasteiger partial charge in [-0.2, -0.15) is 0 Å². The molecular formula is C24H29ClN2O5. The average molecular weight is 461 g/mol. The summed E-state index contributed by atoms with van der Waals surface area (Å²) in [7, 11) is 0. The molecule has 0 bridgehead atoms. The molecule has 0 saturated carbocycles. The molecule has 2 aromatic carbocycles. The summed E-state index contributed by atoms with van der Waals surface area (Å²) >= 11 is 6.38. The number of aliphatic hydroxyl groups is 1. The second-order valence-corrected chi connectivity index (χ2v) is 8.77. The van der Waals surface area contributed by atoms with Crippen LogP contribution in [-0.2, 0) is 16.1 Å². The zero-order valence-corrected chi connectivity index (χ0v) is 19.1. The molecule has 2 heterocycles. The standard InChI is InChI=1S/C24H29ClN2O5/c1-16(2)29-14-19(28)12-27(11-18-5-3-4-6-21(18)25)13-20-10-22(26-32-20)17-7-8-23-24(9-17)31-15-30-23/h3-9,16,19-20,28H,10-15H2,1-2H3/t19-,20-/m0/s1. The highest BCUT2D eigenvalue weighted by atomic mass is 35.5. The van der Waals surface area contributed by atoms with Crippen molar-refractivity contribution in [2.75, 3.05) is 26.5 Å². The molecule has 2 atom stereocenters. The van der Waals surface area contributed by atoms with Gasteiger partial charge in [-0.1, -0.05) is 35.0 Å². The van der Waals surface area contributed by atoms with E-state index in [1.54, 1.807) is 0 Å². The van der Waals surface area contributed by atoms with Crippen LogP contribution in [0.3, 0.4) is 0 Å². The monoisotopic (exact) mass is 460 g/mol. The lowest BCUT2D eigenvalue weighted by Crippen LogP contribution is -2.39. The van der Waals surface area contributed by atoms with E-state index in [-0.39, 0.29) is 25.6 Å². The predicted molar refractivity (Wildman–Crippen MR) is 122 cm³/mol. The summed E-state index contributed by atoms with van der Waals surface area (Å²) in [6.45, 7) is 6.06. The number of hydrogen-bond acceptors (Lipinski definition) is 7. The second kappa shape index (κ2) is 10.5. The van der Waals surface area contributed by atoms with Crippen LogP contribution in [0.4, 0.5) is 0 Å². The molecule has 0 saturated heterocycles. The number of ether oxygens (including phenoxy) is 3. The first-order valence-corrected chi connectivity index (χ1v) is 11.2. The minimum atomic E-state index is -0.615. The highest BCUT2D eigenvalue weighted by Gasteiger charge is 2.27. The number of rotatable bonds is 10. The number of halogens is 1. The lowest BCUT2D eigenvalue weighted by atomic mass is 10.0. The van der Waals surface area contributed by atoms with Crippen LogP contribution in [-0.4, -0.2) is 60.5 Å². The lowest BCUT2D eigenvalue weighted by Gasteiger charge is -2.27. The Kier molecular flexibility index (Phi) is 7.52. The number of aliphatic hydroxyl groups excluding tert-OH is 1. The molecule has 2 aromatic rings. The molecule has 2 aliphatic rings. The molecule has 0 aliphatic carbocycles. The van der Waals surface area contributed by atoms with Crippen LogP contribution >= 0.6 is 11.6 Å². The molecule has 172 valence electrons. The molecular weight excluding hydrogens is 432 g/mol. The largest absolute Gasteiger partial charge is 0.454 e. The first kappa shape index (κ1) is 22.9. The zero-order chi connectivity index (χ0) is 22.5. The summed E-state index contributed by atoms with van der Waals surface area (Å²) in [5.41, 5.74) is 2.83. The van der Waals surface area contributed by atoms with Gasteiger partial charge < -0.3 is 24.2 Å². The molecule has 0 fully saturated rings. The average Bonchev–Trinajstić information content (AvgIpc) is 3.42. The van der Waals surface area contributed by atoms with E-state index in [0.717, 1.165) is 28.3 Å². The van der Waals surface area contributed by atoms with E-state index in [2.05, 4.69) is 10.1 Å². The van der Waals surface area contributed by atoms with Crippen molar-refractivity contribution in [3.05, 3.63) is 58.6 Å². The van der Waals surface area contributed by atoms with Gasteiger partial charge >= 0.3 is 0 Å². The van der Waals surface area contributed by atoms with Gasteiger partial charge in [-0.15, -0.1) is 0 Å². The Labute approximate surface area is 193 Å². The van der Waals surface area contributed by atoms with Crippen molar-refractivity contribution in [3.8, 4) is 11.5 Å². The van der Waals surface area contributed by atoms with Crippen LogP contribution in [0.25, 0.3) is 0 Å². The second-order valence-electron chi connectivity index (χ2n) is 8.36. The van der Waals surface area contributed by atoms with Crippen LogP contribution in [0.5, 0.6) is 11.5 Å². The van der Waals surface area contributed by atoms with Gasteiger partial charge in [0.05, 0.1) is 24.5 Å². The third kappa shape index (κ3) is 5.92. The van der Waals surface area contributed by atoms with E-state index >= 15 is 0 Å². The zero-order valence-electron chi connectivity index (χ0n) is 18.4. The SMILES string of the molecule is CC(C)OC[C@@H](O)CN(Cc1ccccc1Cl)C[C@@H]1CC(c2ccc3c(c2)OCO3)=NO1. The van der Waals surface area contributed by atoms with Gasteiger partial charge in [0.15, 0.2) is 11.5 Å². The Balaban J connectivity index is 1.39. The van der Waals surface area contributed by atoms with Crippen molar-refractivity contribution in [1.29, 1.82) is 0 Å². The van der Waals surface area contributed by atoms with Crippen molar-refractivity contribution < 1.29 is 24.2 Å². The van der Waals surface area contributed by atoms with E-state index in [9.17, 15) is 5.11 Å². The third-order valence-corrected chi connectivity index (χ3v) is 5.71. The molecule has 8 heteroatoms. The highest BCUT2D eigenvalue weighted by molar-refractivity contribution is 6.31. The minimum Gasteiger partial charge on any atom is -0.454 e. The van der Waals surface area contributed by atoms with E-state index in [1.807, 2.05) is 56.3 Å². The summed E-state index contributed by atoms with van der Waals surface area (Å²) in [5, 5.41) is 15.5. The molecule has 0 aromatic heterocycles. The van der Waals surface area contributed by atoms with Gasteiger partial charge in [0.1, 0.15) is 6.10 Å². The van der Waals surface area contributed by atoms with Crippen molar-refractivity contribution in [2.45, 2.75) is 45.1 Å². The number of fused-ring (bicyclic) bond motifs is 1. The first-order valence-electron chi connectivity index (χ1n) is 10.9. The molecule has 7 nitrogen and oxygen atoms in total. The summed E-state index contributed by atoms with van der Waals surface area (Å²) < 4.78 is 16.4. The van der Waals surface area contributed by atoms with Crippen LogP contribution < -0.4 is 9.47 Å². The van der Waals surface area contributed by atoms with Crippen molar-refractivity contribution >= 4 is 17.3 Å². The fourth-order valence-electron chi connectivity index (χ4n) is 3.79. The van der Waals surface area contributed by atoms with Crippen molar-refractivity contribution in [3.63, 3.8) is 0 Å². The van der Waals surface area contributed by atoms with Gasteiger partial charge in [-0.3, -0.25) is 4.90 Å². The Morgan fingerprint density at radius 1 is 1.19 bits per heavy atom. The summed E-state index contributed by atoms with van der Waals surface area (Å²) in [6.07, 6.45) is -0.0128. The molecule has 2 aliphatic heterocycles. The van der Waals surface area contributed by atoms with Crippen LogP contribution in [0, 0.1) is 0 Å². The maximum Gasteiger partial charge on any atom is 0.231 e. The Bertz CT molecular complexity index is 952. The van der Waals surface area contributed by atoms with E-state index in [1.165, 1.54) is 0 Å². The Morgan fingerprint density at radius 3 is 2.81 bits per heavy atom. The molecule has 0 unspecified atom stereocenters. The Morgan fingerprint density at radius 2 is 2.00 bits per heavy atom. The number of hydrogen-bond donors (Lipinski definition) is 1. The number of benzene rings is 2. The quantitative estimate of drug-likeness (QED) is 0.580. The van der Waals surface area contributed by atoms with Crippen molar-refractivity contribution in [2.24, 2.45) is 5.16 Å². The summed E-state index contributed by atoms with van der Waals surface area (Å²) in [4.78, 5) is 7.88. The van der Waals surface area contributed by atoms with Crippen LogP contribution in [0.1, 0.15) is 31.4 Å². The topological polar surface area (TPSA) is 72.8 Å². The van der Waals surface area contributed by atoms with Gasteiger partial charge in [0, 0.05) is 36.6 Å². The fourth-order valence-corrected chi connectivity index (χ4v) is 3.98. The van der Waals surface area contributed by atoms with Gasteiger partial charge in [-0.05, 0) is 43.7 Å². The molecule has 0 radical (unpaired) electrons. The molecule has 0 amide bonds. The maximum atomic E-state index is 10.5. The minimum absolute atomic E-state index is 0.0671. The predicted octanol–water partition coefficient (Wildman–Crippen LogP) is 3.85. The number of oxime groups is 1. The molecule has 4 rings (SSSR count). The summed E-state index contributed by atoms with van der Waals surface area (Å²) in [5.74, 6) is 1.47. The van der Waals surface area contributed by atoms with E-state index in [0.29, 0.717) is 31.1 Å². The van der Waals surface area contributed by atoms with Crippen LogP contribution in [0.2, 0.25) is 5.02 Å². The van der Waals surface area contributed by atoms with E-state index in [4.69, 9.17) is 30.6 Å². The van der Waals surface area contributed by atoms with E-state index < -0.39 is 6.10 Å². The lowest BCUT2D eigenvalue weighted by molar-refractivity contribution is -0.0194. The first-order chi connectivity index (χ1) is 15.5. The molecule has 1 N–H and O–H groups in total. The number of nitrogens with zero attached hydrogens (tertiary/aromatic N) is 2. The highest BCUT2D eigenvalue weighted by Crippen LogP contribution is 2.33. The maximum absolute atomic E-state index is 10.5. The molecule has 32 heavy (non-hydrogen) atoms. The third-order valence-electron chi connectivity index (χ3n) is 5.34. The fraction of sp³-hybridized carbons (Fsp3) is 0.458.